The first-order valence-electron chi connectivity index (χ1n) is 15.7. The summed E-state index contributed by atoms with van der Waals surface area (Å²) in [5.74, 6) is 0.615. The maximum atomic E-state index is 13.3. The Hall–Kier alpha value is -4.99. The minimum Gasteiger partial charge on any atom is -0.468 e. The lowest BCUT2D eigenvalue weighted by atomic mass is 9.92. The van der Waals surface area contributed by atoms with Gasteiger partial charge in [-0.3, -0.25) is 9.78 Å². The second-order valence-corrected chi connectivity index (χ2v) is 12.8. The number of benzene rings is 3. The number of pyridine rings is 1. The SMILES string of the molecule is COCOc1ccc(C(CN(C=O)c2cc3c(s2)CCN(C(=O)OCC2c4ccccc4-c4ccccc42)C3)c2cccnc2)cc1. The molecule has 0 fully saturated rings. The number of aromatic nitrogens is 1. The van der Waals surface area contributed by atoms with Gasteiger partial charge < -0.3 is 24.0 Å². The molecule has 1 atom stereocenters. The first-order chi connectivity index (χ1) is 23.1. The molecule has 0 saturated heterocycles. The summed E-state index contributed by atoms with van der Waals surface area (Å²) in [6.45, 7) is 1.92. The quantitative estimate of drug-likeness (QED) is 0.111. The fourth-order valence-electron chi connectivity index (χ4n) is 6.59. The lowest BCUT2D eigenvalue weighted by Gasteiger charge is -2.27. The molecule has 1 aliphatic heterocycles. The number of hydrogen-bond acceptors (Lipinski definition) is 7. The molecule has 2 aliphatic rings. The molecule has 3 aromatic carbocycles. The van der Waals surface area contributed by atoms with Crippen LogP contribution in [0.25, 0.3) is 11.1 Å². The van der Waals surface area contributed by atoms with Gasteiger partial charge in [-0.05, 0) is 69.6 Å². The Bertz CT molecular complexity index is 1810. The van der Waals surface area contributed by atoms with Crippen molar-refractivity contribution in [2.75, 3.05) is 38.5 Å². The molecule has 1 unspecified atom stereocenters. The van der Waals surface area contributed by atoms with Crippen LogP contribution >= 0.6 is 11.3 Å². The molecule has 8 nitrogen and oxygen atoms in total. The van der Waals surface area contributed by atoms with Gasteiger partial charge in [-0.15, -0.1) is 11.3 Å². The van der Waals surface area contributed by atoms with Gasteiger partial charge in [-0.1, -0.05) is 66.7 Å². The summed E-state index contributed by atoms with van der Waals surface area (Å²) in [7, 11) is 1.59. The molecule has 2 amide bonds. The van der Waals surface area contributed by atoms with Crippen LogP contribution in [0, 0.1) is 0 Å². The van der Waals surface area contributed by atoms with Crippen molar-refractivity contribution in [2.45, 2.75) is 24.8 Å². The number of methoxy groups -OCH3 is 1. The summed E-state index contributed by atoms with van der Waals surface area (Å²) in [6, 6.07) is 30.5. The third-order valence-corrected chi connectivity index (χ3v) is 10.2. The maximum absolute atomic E-state index is 13.3. The van der Waals surface area contributed by atoms with Crippen molar-refractivity contribution in [1.29, 1.82) is 0 Å². The molecule has 238 valence electrons. The number of thiophene rings is 1. The van der Waals surface area contributed by atoms with Crippen LogP contribution in [0.5, 0.6) is 5.75 Å². The van der Waals surface area contributed by atoms with Gasteiger partial charge in [-0.2, -0.15) is 0 Å². The predicted molar refractivity (Wildman–Crippen MR) is 182 cm³/mol. The standard InChI is InChI=1S/C38H35N3O5S/c1-44-25-46-29-14-12-26(13-15-29)34(27-7-6-17-39-20-27)22-41(24-42)37-19-28-21-40(18-16-36(28)47-37)38(43)45-23-35-32-10-4-2-8-30(32)31-9-3-5-11-33(31)35/h2-15,17,19-20,24,34-35H,16,18,21-23,25H2,1H3. The van der Waals surface area contributed by atoms with Crippen molar-refractivity contribution in [3.05, 3.63) is 136 Å². The smallest absolute Gasteiger partial charge is 0.410 e. The third kappa shape index (κ3) is 6.37. The molecule has 0 N–H and O–H groups in total. The normalized spacial score (nSPS) is 14.1. The zero-order chi connectivity index (χ0) is 32.2. The number of ether oxygens (including phenoxy) is 3. The van der Waals surface area contributed by atoms with Gasteiger partial charge in [0, 0.05) is 49.3 Å². The average Bonchev–Trinajstić information content (AvgIpc) is 3.69. The number of amides is 2. The molecule has 5 aromatic rings. The van der Waals surface area contributed by atoms with Crippen molar-refractivity contribution in [1.82, 2.24) is 9.88 Å². The number of fused-ring (bicyclic) bond motifs is 4. The van der Waals surface area contributed by atoms with Crippen molar-refractivity contribution in [2.24, 2.45) is 0 Å². The molecule has 0 radical (unpaired) electrons. The van der Waals surface area contributed by atoms with Crippen LogP contribution in [0.1, 0.15) is 44.5 Å². The Balaban J connectivity index is 1.04. The summed E-state index contributed by atoms with van der Waals surface area (Å²) in [6.07, 6.45) is 4.88. The summed E-state index contributed by atoms with van der Waals surface area (Å²) in [5.41, 5.74) is 7.89. The van der Waals surface area contributed by atoms with E-state index < -0.39 is 0 Å². The van der Waals surface area contributed by atoms with Gasteiger partial charge in [0.25, 0.3) is 0 Å². The fraction of sp³-hybridized carbons (Fsp3) is 0.237. The van der Waals surface area contributed by atoms with Crippen LogP contribution in [0.15, 0.2) is 103 Å². The van der Waals surface area contributed by atoms with Gasteiger partial charge in [0.05, 0.1) is 11.5 Å². The maximum Gasteiger partial charge on any atom is 0.410 e. The highest BCUT2D eigenvalue weighted by atomic mass is 32.1. The third-order valence-electron chi connectivity index (χ3n) is 8.95. The van der Waals surface area contributed by atoms with E-state index in [0.29, 0.717) is 38.4 Å². The highest BCUT2D eigenvalue weighted by molar-refractivity contribution is 7.16. The van der Waals surface area contributed by atoms with Gasteiger partial charge in [0.1, 0.15) is 12.4 Å². The minimum atomic E-state index is -0.313. The van der Waals surface area contributed by atoms with E-state index in [0.717, 1.165) is 28.1 Å². The molecule has 7 rings (SSSR count). The molecule has 1 aliphatic carbocycles. The molecule has 0 spiro atoms. The molecule has 0 saturated carbocycles. The van der Waals surface area contributed by atoms with Crippen LogP contribution < -0.4 is 9.64 Å². The summed E-state index contributed by atoms with van der Waals surface area (Å²) < 4.78 is 16.5. The zero-order valence-corrected chi connectivity index (χ0v) is 26.9. The highest BCUT2D eigenvalue weighted by Crippen LogP contribution is 2.44. The number of hydrogen-bond donors (Lipinski definition) is 0. The number of anilines is 1. The van der Waals surface area contributed by atoms with E-state index in [2.05, 4.69) is 29.2 Å². The number of carbonyl (C=O) groups is 2. The Kier molecular flexibility index (Phi) is 8.99. The Morgan fingerprint density at radius 2 is 1.74 bits per heavy atom. The van der Waals surface area contributed by atoms with E-state index in [1.54, 1.807) is 34.4 Å². The van der Waals surface area contributed by atoms with E-state index in [1.165, 1.54) is 27.1 Å². The van der Waals surface area contributed by atoms with Gasteiger partial charge in [-0.25, -0.2) is 4.79 Å². The van der Waals surface area contributed by atoms with E-state index in [1.807, 2.05) is 72.9 Å². The van der Waals surface area contributed by atoms with Crippen molar-refractivity contribution in [3.8, 4) is 16.9 Å². The Morgan fingerprint density at radius 1 is 1.00 bits per heavy atom. The molecule has 47 heavy (non-hydrogen) atoms. The summed E-state index contributed by atoms with van der Waals surface area (Å²) in [4.78, 5) is 34.9. The van der Waals surface area contributed by atoms with E-state index in [4.69, 9.17) is 14.2 Å². The van der Waals surface area contributed by atoms with Gasteiger partial charge in [0.2, 0.25) is 6.41 Å². The van der Waals surface area contributed by atoms with Crippen LogP contribution in [0.3, 0.4) is 0 Å². The number of carbonyl (C=O) groups excluding carboxylic acids is 2. The number of nitrogens with zero attached hydrogens (tertiary/aromatic N) is 3. The zero-order valence-electron chi connectivity index (χ0n) is 26.1. The Labute approximate surface area is 278 Å². The fourth-order valence-corrected chi connectivity index (χ4v) is 7.73. The first kappa shape index (κ1) is 30.7. The van der Waals surface area contributed by atoms with Crippen LogP contribution in [-0.4, -0.2) is 56.0 Å². The molecular formula is C38H35N3O5S. The second-order valence-electron chi connectivity index (χ2n) is 11.7. The predicted octanol–water partition coefficient (Wildman–Crippen LogP) is 7.23. The molecule has 9 heteroatoms. The lowest BCUT2D eigenvalue weighted by Crippen LogP contribution is -2.36. The largest absolute Gasteiger partial charge is 0.468 e. The first-order valence-corrected chi connectivity index (χ1v) is 16.5. The highest BCUT2D eigenvalue weighted by Gasteiger charge is 2.31. The van der Waals surface area contributed by atoms with Crippen LogP contribution in [0.4, 0.5) is 9.80 Å². The van der Waals surface area contributed by atoms with E-state index >= 15 is 0 Å². The second kappa shape index (κ2) is 13.8. The monoisotopic (exact) mass is 645 g/mol. The van der Waals surface area contributed by atoms with Crippen molar-refractivity contribution < 1.29 is 23.8 Å². The Morgan fingerprint density at radius 3 is 2.43 bits per heavy atom. The van der Waals surface area contributed by atoms with Crippen molar-refractivity contribution >= 4 is 28.8 Å². The summed E-state index contributed by atoms with van der Waals surface area (Å²) >= 11 is 1.61. The van der Waals surface area contributed by atoms with E-state index in [9.17, 15) is 9.59 Å². The molecule has 0 bridgehead atoms. The minimum absolute atomic E-state index is 0.0162. The number of rotatable bonds is 11. The van der Waals surface area contributed by atoms with Crippen LogP contribution in [0.2, 0.25) is 0 Å². The van der Waals surface area contributed by atoms with Gasteiger partial charge >= 0.3 is 6.09 Å². The molecule has 3 heterocycles. The van der Waals surface area contributed by atoms with Gasteiger partial charge in [0.15, 0.2) is 6.79 Å². The molecular weight excluding hydrogens is 611 g/mol. The van der Waals surface area contributed by atoms with Crippen molar-refractivity contribution in [3.63, 3.8) is 0 Å². The van der Waals surface area contributed by atoms with E-state index in [-0.39, 0.29) is 24.7 Å². The average molecular weight is 646 g/mol. The lowest BCUT2D eigenvalue weighted by molar-refractivity contribution is -0.107. The topological polar surface area (TPSA) is 81.2 Å². The van der Waals surface area contributed by atoms with Crippen LogP contribution in [-0.2, 0) is 27.2 Å². The summed E-state index contributed by atoms with van der Waals surface area (Å²) in [5, 5.41) is 0.855. The molecule has 2 aromatic heterocycles.